The first-order chi connectivity index (χ1) is 9.65. The number of aromatic nitrogens is 4. The van der Waals surface area contributed by atoms with E-state index in [2.05, 4.69) is 19.9 Å². The molecule has 104 valence electrons. The molecule has 7 heteroatoms. The Morgan fingerprint density at radius 1 is 1.15 bits per heavy atom. The van der Waals surface area contributed by atoms with Gasteiger partial charge in [-0.3, -0.25) is 0 Å². The Labute approximate surface area is 113 Å². The third-order valence-corrected chi connectivity index (χ3v) is 2.51. The molecule has 3 heterocycles. The molecule has 0 bridgehead atoms. The predicted molar refractivity (Wildman–Crippen MR) is 72.8 cm³/mol. The summed E-state index contributed by atoms with van der Waals surface area (Å²) in [5.74, 6) is -1.20. The maximum atomic E-state index is 13.2. The Balaban J connectivity index is 0.000000704. The van der Waals surface area contributed by atoms with Gasteiger partial charge in [0.15, 0.2) is 17.5 Å². The van der Waals surface area contributed by atoms with Crippen LogP contribution in [0.3, 0.4) is 0 Å². The van der Waals surface area contributed by atoms with Gasteiger partial charge in [-0.15, -0.1) is 0 Å². The van der Waals surface area contributed by atoms with Crippen LogP contribution in [-0.4, -0.2) is 19.9 Å². The van der Waals surface area contributed by atoms with Gasteiger partial charge >= 0.3 is 0 Å². The third kappa shape index (κ3) is 2.42. The van der Waals surface area contributed by atoms with E-state index in [1.54, 1.807) is 6.20 Å². The fourth-order valence-corrected chi connectivity index (χ4v) is 1.67. The molecule has 3 rings (SSSR count). The molecule has 0 aliphatic heterocycles. The van der Waals surface area contributed by atoms with Crippen LogP contribution in [0.5, 0.6) is 0 Å². The number of pyridine rings is 1. The lowest BCUT2D eigenvalue weighted by atomic mass is 10.2. The quantitative estimate of drug-likeness (QED) is 0.716. The molecule has 0 spiro atoms. The molecule has 0 fully saturated rings. The smallest absolute Gasteiger partial charge is 0.183 e. The maximum absolute atomic E-state index is 13.2. The highest BCUT2D eigenvalue weighted by Gasteiger charge is 2.12. The molecule has 0 aromatic carbocycles. The minimum atomic E-state index is -0.692. The van der Waals surface area contributed by atoms with Gasteiger partial charge in [0.25, 0.3) is 0 Å². The van der Waals surface area contributed by atoms with Crippen molar-refractivity contribution in [2.45, 2.75) is 13.8 Å². The van der Waals surface area contributed by atoms with Crippen molar-refractivity contribution in [2.24, 2.45) is 0 Å². The minimum absolute atomic E-state index is 0.215. The number of halogens is 2. The first-order valence-electron chi connectivity index (χ1n) is 6.06. The molecule has 0 unspecified atom stereocenters. The van der Waals surface area contributed by atoms with Gasteiger partial charge in [-0.25, -0.2) is 23.7 Å². The number of nitrogen functional groups attached to an aromatic ring is 1. The Hall–Kier alpha value is -2.57. The number of H-pyrrole nitrogens is 1. The molecule has 3 aromatic rings. The zero-order chi connectivity index (χ0) is 14.7. The lowest BCUT2D eigenvalue weighted by Gasteiger charge is -2.00. The highest BCUT2D eigenvalue weighted by Crippen LogP contribution is 2.26. The van der Waals surface area contributed by atoms with E-state index in [4.69, 9.17) is 5.73 Å². The van der Waals surface area contributed by atoms with Gasteiger partial charge in [0.05, 0.1) is 12.4 Å². The van der Waals surface area contributed by atoms with Crippen molar-refractivity contribution in [1.82, 2.24) is 19.9 Å². The highest BCUT2D eigenvalue weighted by molar-refractivity contribution is 5.91. The summed E-state index contributed by atoms with van der Waals surface area (Å²) in [4.78, 5) is 14.4. The molecule has 0 saturated heterocycles. The van der Waals surface area contributed by atoms with E-state index >= 15 is 0 Å². The summed E-state index contributed by atoms with van der Waals surface area (Å²) in [6.45, 7) is 4.00. The molecule has 20 heavy (non-hydrogen) atoms. The van der Waals surface area contributed by atoms with Gasteiger partial charge < -0.3 is 10.7 Å². The molecule has 0 radical (unpaired) electrons. The van der Waals surface area contributed by atoms with Crippen molar-refractivity contribution < 1.29 is 8.78 Å². The largest absolute Gasteiger partial charge is 0.381 e. The van der Waals surface area contributed by atoms with Crippen LogP contribution in [0.15, 0.2) is 24.7 Å². The number of nitrogens with two attached hydrogens (primary N) is 1. The van der Waals surface area contributed by atoms with E-state index in [-0.39, 0.29) is 11.6 Å². The molecule has 0 aliphatic carbocycles. The Morgan fingerprint density at radius 2 is 1.90 bits per heavy atom. The first-order valence-corrected chi connectivity index (χ1v) is 6.06. The molecule has 0 saturated carbocycles. The van der Waals surface area contributed by atoms with E-state index in [1.807, 2.05) is 13.8 Å². The Kier molecular flexibility index (Phi) is 3.88. The van der Waals surface area contributed by atoms with Gasteiger partial charge in [-0.1, -0.05) is 13.8 Å². The van der Waals surface area contributed by atoms with Gasteiger partial charge in [0.1, 0.15) is 11.5 Å². The lowest BCUT2D eigenvalue weighted by molar-refractivity contribution is 0.620. The summed E-state index contributed by atoms with van der Waals surface area (Å²) in [6.07, 6.45) is 3.65. The fraction of sp³-hybridized carbons (Fsp3) is 0.154. The van der Waals surface area contributed by atoms with E-state index in [9.17, 15) is 8.78 Å². The third-order valence-electron chi connectivity index (χ3n) is 2.51. The summed E-state index contributed by atoms with van der Waals surface area (Å²) in [6, 6.07) is 1.30. The second kappa shape index (κ2) is 5.60. The highest BCUT2D eigenvalue weighted by atomic mass is 19.1. The number of nitrogens with one attached hydrogen (secondary N) is 1. The van der Waals surface area contributed by atoms with Gasteiger partial charge in [0.2, 0.25) is 0 Å². The fourth-order valence-electron chi connectivity index (χ4n) is 1.67. The van der Waals surface area contributed by atoms with Crippen LogP contribution in [-0.2, 0) is 0 Å². The summed E-state index contributed by atoms with van der Waals surface area (Å²) in [5.41, 5.74) is 6.39. The zero-order valence-corrected chi connectivity index (χ0v) is 11.0. The number of anilines is 1. The normalized spacial score (nSPS) is 10.2. The molecular weight excluding hydrogens is 264 g/mol. The number of rotatable bonds is 1. The number of hydrogen-bond acceptors (Lipinski definition) is 4. The van der Waals surface area contributed by atoms with Crippen LogP contribution in [0.1, 0.15) is 13.8 Å². The second-order valence-electron chi connectivity index (χ2n) is 3.68. The second-order valence-corrected chi connectivity index (χ2v) is 3.68. The van der Waals surface area contributed by atoms with Gasteiger partial charge in [0, 0.05) is 17.1 Å². The zero-order valence-electron chi connectivity index (χ0n) is 11.0. The topological polar surface area (TPSA) is 80.5 Å². The van der Waals surface area contributed by atoms with Crippen LogP contribution >= 0.6 is 0 Å². The Bertz CT molecular complexity index is 739. The van der Waals surface area contributed by atoms with Gasteiger partial charge in [-0.05, 0) is 6.07 Å². The SMILES string of the molecule is CC.Nc1nc(-c2c[nH]c3ncc(F)cc23)ncc1F. The van der Waals surface area contributed by atoms with E-state index < -0.39 is 11.6 Å². The Morgan fingerprint density at radius 3 is 2.60 bits per heavy atom. The van der Waals surface area contributed by atoms with Crippen molar-refractivity contribution in [3.63, 3.8) is 0 Å². The number of aromatic amines is 1. The first kappa shape index (κ1) is 13.9. The summed E-state index contributed by atoms with van der Waals surface area (Å²) in [7, 11) is 0. The van der Waals surface area contributed by atoms with Crippen molar-refractivity contribution in [3.8, 4) is 11.4 Å². The van der Waals surface area contributed by atoms with Gasteiger partial charge in [-0.2, -0.15) is 0 Å². The molecule has 0 amide bonds. The summed E-state index contributed by atoms with van der Waals surface area (Å²) in [5, 5.41) is 0.515. The number of nitrogens with zero attached hydrogens (tertiary/aromatic N) is 3. The predicted octanol–water partition coefficient (Wildman–Crippen LogP) is 2.91. The maximum Gasteiger partial charge on any atom is 0.183 e. The monoisotopic (exact) mass is 277 g/mol. The van der Waals surface area contributed by atoms with Crippen molar-refractivity contribution in [1.29, 1.82) is 0 Å². The van der Waals surface area contributed by atoms with Crippen molar-refractivity contribution >= 4 is 16.9 Å². The molecule has 3 N–H and O–H groups in total. The lowest BCUT2D eigenvalue weighted by Crippen LogP contribution is -1.98. The molecule has 3 aromatic heterocycles. The van der Waals surface area contributed by atoms with E-state index in [0.717, 1.165) is 12.4 Å². The summed E-state index contributed by atoms with van der Waals surface area (Å²) >= 11 is 0. The molecule has 0 aliphatic rings. The van der Waals surface area contributed by atoms with Crippen LogP contribution < -0.4 is 5.73 Å². The standard InChI is InChI=1S/C11H7F2N5.C2H6/c12-5-1-6-7(3-16-10(6)15-2-5)11-17-4-8(13)9(14)18-11;1-2/h1-4H,(H,15,16)(H2,14,17,18);1-2H3. The van der Waals surface area contributed by atoms with E-state index in [0.29, 0.717) is 16.6 Å². The molecule has 0 atom stereocenters. The molecular formula is C13H13F2N5. The molecule has 5 nitrogen and oxygen atoms in total. The number of hydrogen-bond donors (Lipinski definition) is 2. The van der Waals surface area contributed by atoms with E-state index in [1.165, 1.54) is 6.07 Å². The van der Waals surface area contributed by atoms with Crippen LogP contribution in [0.4, 0.5) is 14.6 Å². The average Bonchev–Trinajstić information content (AvgIpc) is 2.87. The van der Waals surface area contributed by atoms with Crippen LogP contribution in [0, 0.1) is 11.6 Å². The van der Waals surface area contributed by atoms with Crippen LogP contribution in [0.25, 0.3) is 22.4 Å². The van der Waals surface area contributed by atoms with Crippen LogP contribution in [0.2, 0.25) is 0 Å². The summed E-state index contributed by atoms with van der Waals surface area (Å²) < 4.78 is 26.1. The van der Waals surface area contributed by atoms with Crippen molar-refractivity contribution in [2.75, 3.05) is 5.73 Å². The van der Waals surface area contributed by atoms with Crippen molar-refractivity contribution in [3.05, 3.63) is 36.3 Å². The minimum Gasteiger partial charge on any atom is -0.381 e. The average molecular weight is 277 g/mol. The number of fused-ring (bicyclic) bond motifs is 1.